The van der Waals surface area contributed by atoms with Gasteiger partial charge in [-0.05, 0) is 43.0 Å². The Morgan fingerprint density at radius 3 is 2.91 bits per heavy atom. The van der Waals surface area contributed by atoms with Gasteiger partial charge in [-0.2, -0.15) is 0 Å². The van der Waals surface area contributed by atoms with Crippen LogP contribution in [0, 0.1) is 0 Å². The number of amides is 2. The molecule has 0 aliphatic carbocycles. The number of H-pyrrole nitrogens is 1. The Hall–Kier alpha value is -2.82. The summed E-state index contributed by atoms with van der Waals surface area (Å²) >= 11 is 5.76. The molecule has 2 aliphatic rings. The molecule has 10 heteroatoms. The molecule has 1 fully saturated rings. The van der Waals surface area contributed by atoms with E-state index in [0.717, 1.165) is 61.2 Å². The molecule has 1 aromatic carbocycles. The Morgan fingerprint density at radius 2 is 2.18 bits per heavy atom. The number of primary amides is 1. The molecule has 1 saturated heterocycles. The number of piperidine rings is 1. The second-order valence-electron chi connectivity index (χ2n) is 8.46. The zero-order chi connectivity index (χ0) is 22.9. The van der Waals surface area contributed by atoms with Gasteiger partial charge < -0.3 is 20.9 Å². The van der Waals surface area contributed by atoms with Crippen molar-refractivity contribution in [2.45, 2.75) is 25.3 Å². The van der Waals surface area contributed by atoms with E-state index in [1.54, 1.807) is 17.6 Å². The maximum absolute atomic E-state index is 12.5. The van der Waals surface area contributed by atoms with Crippen molar-refractivity contribution in [1.29, 1.82) is 0 Å². The largest absolute Gasteiger partial charge is 0.369 e. The zero-order valence-corrected chi connectivity index (χ0v) is 19.8. The highest BCUT2D eigenvalue weighted by molar-refractivity contribution is 7.77. The first-order chi connectivity index (χ1) is 16.0. The van der Waals surface area contributed by atoms with Crippen molar-refractivity contribution in [3.8, 4) is 0 Å². The highest BCUT2D eigenvalue weighted by Gasteiger charge is 2.25. The third-order valence-electron chi connectivity index (χ3n) is 6.29. The Kier molecular flexibility index (Phi) is 6.13. The average molecular weight is 483 g/mol. The van der Waals surface area contributed by atoms with Gasteiger partial charge >= 0.3 is 0 Å². The van der Waals surface area contributed by atoms with Gasteiger partial charge in [-0.1, -0.05) is 18.9 Å². The lowest BCUT2D eigenvalue weighted by Gasteiger charge is -2.35. The number of hydrogen-bond donors (Lipinski definition) is 4. The number of thiol groups is 1. The molecule has 0 saturated carbocycles. The molecule has 0 spiro atoms. The molecule has 1 atom stereocenters. The normalized spacial score (nSPS) is 19.5. The molecule has 8 nitrogen and oxygen atoms in total. The van der Waals surface area contributed by atoms with Crippen LogP contribution in [0.25, 0.3) is 16.5 Å². The first-order valence-corrected chi connectivity index (χ1v) is 12.3. The van der Waals surface area contributed by atoms with Gasteiger partial charge in [0.1, 0.15) is 0 Å². The van der Waals surface area contributed by atoms with E-state index in [2.05, 4.69) is 45.1 Å². The van der Waals surface area contributed by atoms with Crippen molar-refractivity contribution in [2.24, 2.45) is 5.73 Å². The Labute approximate surface area is 201 Å². The summed E-state index contributed by atoms with van der Waals surface area (Å²) in [5.74, 6) is -0.580. The lowest BCUT2D eigenvalue weighted by molar-refractivity contribution is 0.0931. The van der Waals surface area contributed by atoms with E-state index in [1.807, 2.05) is 10.4 Å². The van der Waals surface area contributed by atoms with Crippen LogP contribution in [0.3, 0.4) is 0 Å². The van der Waals surface area contributed by atoms with E-state index in [0.29, 0.717) is 17.1 Å². The van der Waals surface area contributed by atoms with Crippen molar-refractivity contribution >= 4 is 58.1 Å². The fourth-order valence-corrected chi connectivity index (χ4v) is 5.38. The third-order valence-corrected chi connectivity index (χ3v) is 7.43. The van der Waals surface area contributed by atoms with Crippen LogP contribution in [0.5, 0.6) is 0 Å². The van der Waals surface area contributed by atoms with Gasteiger partial charge in [-0.25, -0.2) is 9.29 Å². The number of thiazole rings is 1. The number of aromatic amines is 1. The van der Waals surface area contributed by atoms with Crippen LogP contribution in [-0.4, -0.2) is 58.3 Å². The summed E-state index contributed by atoms with van der Waals surface area (Å²) in [6.45, 7) is 3.22. The fraction of sp³-hybridized carbons (Fsp3) is 0.348. The van der Waals surface area contributed by atoms with Crippen molar-refractivity contribution < 1.29 is 9.59 Å². The fourth-order valence-electron chi connectivity index (χ4n) is 4.66. The van der Waals surface area contributed by atoms with Gasteiger partial charge in [0.05, 0.1) is 11.1 Å². The Morgan fingerprint density at radius 1 is 1.30 bits per heavy atom. The van der Waals surface area contributed by atoms with Crippen LogP contribution < -0.4 is 16.0 Å². The molecule has 4 heterocycles. The van der Waals surface area contributed by atoms with Crippen LogP contribution in [0.4, 0.5) is 5.69 Å². The molecule has 5 rings (SSSR count). The summed E-state index contributed by atoms with van der Waals surface area (Å²) in [6, 6.07) is 5.91. The van der Waals surface area contributed by atoms with Gasteiger partial charge in [0.25, 0.3) is 11.8 Å². The zero-order valence-electron chi connectivity index (χ0n) is 18.1. The van der Waals surface area contributed by atoms with E-state index < -0.39 is 5.91 Å². The van der Waals surface area contributed by atoms with Crippen LogP contribution in [0.2, 0.25) is 0 Å². The number of rotatable bonds is 5. The number of hydrogen-bond acceptors (Lipinski definition) is 7. The number of fused-ring (bicyclic) bond motifs is 1. The SMILES string of the molecule is NC(=O)c1ccc(N2CCCC(NC(=O)c3nccs3)C2)c2cc(C3=CCN(S)CC3)[nH]c12. The van der Waals surface area contributed by atoms with Crippen LogP contribution >= 0.6 is 24.2 Å². The number of nitrogens with two attached hydrogens (primary N) is 1. The van der Waals surface area contributed by atoms with Crippen LogP contribution in [-0.2, 0) is 0 Å². The second kappa shape index (κ2) is 9.20. The first kappa shape index (κ1) is 22.0. The van der Waals surface area contributed by atoms with Gasteiger partial charge in [-0.15, -0.1) is 11.3 Å². The minimum absolute atomic E-state index is 0.0295. The Bertz CT molecular complexity index is 1220. The summed E-state index contributed by atoms with van der Waals surface area (Å²) in [4.78, 5) is 34.5. The second-order valence-corrected chi connectivity index (χ2v) is 9.92. The third kappa shape index (κ3) is 4.50. The molecular formula is C23H26N6O2S2. The van der Waals surface area contributed by atoms with E-state index in [1.165, 1.54) is 16.9 Å². The van der Waals surface area contributed by atoms with Crippen LogP contribution in [0.1, 0.15) is 45.1 Å². The maximum Gasteiger partial charge on any atom is 0.280 e. The van der Waals surface area contributed by atoms with E-state index in [9.17, 15) is 9.59 Å². The number of benzene rings is 1. The molecule has 0 bridgehead atoms. The number of nitrogens with one attached hydrogen (secondary N) is 2. The summed E-state index contributed by atoms with van der Waals surface area (Å²) in [7, 11) is 0. The molecule has 2 amide bonds. The van der Waals surface area contributed by atoms with Crippen molar-refractivity contribution in [2.75, 3.05) is 31.1 Å². The lowest BCUT2D eigenvalue weighted by atomic mass is 10.0. The minimum atomic E-state index is -0.452. The van der Waals surface area contributed by atoms with Gasteiger partial charge in [-0.3, -0.25) is 9.59 Å². The first-order valence-electron chi connectivity index (χ1n) is 11.0. The number of nitrogens with zero attached hydrogens (tertiary/aromatic N) is 3. The van der Waals surface area contributed by atoms with Crippen LogP contribution in [0.15, 0.2) is 35.9 Å². The summed E-state index contributed by atoms with van der Waals surface area (Å²) in [6.07, 6.45) is 6.56. The molecule has 3 aromatic rings. The highest BCUT2D eigenvalue weighted by Crippen LogP contribution is 2.35. The molecular weight excluding hydrogens is 456 g/mol. The summed E-state index contributed by atoms with van der Waals surface area (Å²) in [5, 5.41) is 6.38. The Balaban J connectivity index is 1.45. The van der Waals surface area contributed by atoms with E-state index in [4.69, 9.17) is 5.73 Å². The monoisotopic (exact) mass is 482 g/mol. The predicted molar refractivity (Wildman–Crippen MR) is 135 cm³/mol. The lowest BCUT2D eigenvalue weighted by Crippen LogP contribution is -2.47. The van der Waals surface area contributed by atoms with Gasteiger partial charge in [0.15, 0.2) is 5.01 Å². The highest BCUT2D eigenvalue weighted by atomic mass is 32.1. The molecule has 2 aromatic heterocycles. The number of aromatic nitrogens is 2. The van der Waals surface area contributed by atoms with Gasteiger partial charge in [0, 0.05) is 60.6 Å². The minimum Gasteiger partial charge on any atom is -0.369 e. The average Bonchev–Trinajstić information content (AvgIpc) is 3.49. The molecule has 1 unspecified atom stereocenters. The van der Waals surface area contributed by atoms with E-state index in [-0.39, 0.29) is 11.9 Å². The molecule has 33 heavy (non-hydrogen) atoms. The van der Waals surface area contributed by atoms with Crippen molar-refractivity contribution in [1.82, 2.24) is 19.6 Å². The molecule has 0 radical (unpaired) electrons. The maximum atomic E-state index is 12.5. The standard InChI is InChI=1S/C23H26N6O2S2/c24-21(30)16-3-4-19(17-12-18(27-20(16)17)14-5-9-29(32)10-6-14)28-8-1-2-15(13-28)26-22(31)23-25-7-11-33-23/h3-5,7,11-12,15,27,32H,1-2,6,8-10,13H2,(H2,24,30)(H,26,31). The quantitative estimate of drug-likeness (QED) is 0.418. The molecule has 4 N–H and O–H groups in total. The smallest absolute Gasteiger partial charge is 0.280 e. The van der Waals surface area contributed by atoms with Crippen molar-refractivity contribution in [3.05, 3.63) is 52.1 Å². The molecule has 172 valence electrons. The van der Waals surface area contributed by atoms with Crippen molar-refractivity contribution in [3.63, 3.8) is 0 Å². The predicted octanol–water partition coefficient (Wildman–Crippen LogP) is 3.06. The summed E-state index contributed by atoms with van der Waals surface area (Å²) in [5.41, 5.74) is 10.2. The van der Waals surface area contributed by atoms with E-state index >= 15 is 0 Å². The number of carbonyl (C=O) groups excluding carboxylic acids is 2. The van der Waals surface area contributed by atoms with Gasteiger partial charge in [0.2, 0.25) is 0 Å². The molecule has 2 aliphatic heterocycles. The summed E-state index contributed by atoms with van der Waals surface area (Å²) < 4.78 is 1.97. The number of anilines is 1. The number of carbonyl (C=O) groups is 2. The topological polar surface area (TPSA) is 107 Å².